The molecule has 0 aliphatic heterocycles. The number of fused-ring (bicyclic) bond motifs is 1. The van der Waals surface area contributed by atoms with Gasteiger partial charge in [0.2, 0.25) is 5.91 Å². The second-order valence-corrected chi connectivity index (χ2v) is 8.11. The maximum Gasteiger partial charge on any atom is 0.408 e. The summed E-state index contributed by atoms with van der Waals surface area (Å²) in [5, 5.41) is 24.8. The van der Waals surface area contributed by atoms with E-state index in [1.807, 2.05) is 13.8 Å². The highest BCUT2D eigenvalue weighted by Crippen LogP contribution is 2.31. The highest BCUT2D eigenvalue weighted by molar-refractivity contribution is 6.00. The first-order valence-electron chi connectivity index (χ1n) is 9.16. The Morgan fingerprint density at radius 2 is 1.86 bits per heavy atom. The van der Waals surface area contributed by atoms with E-state index < -0.39 is 40.7 Å². The zero-order valence-electron chi connectivity index (χ0n) is 17.0. The molecule has 0 saturated heterocycles. The molecule has 4 N–H and O–H groups in total. The van der Waals surface area contributed by atoms with E-state index in [0.29, 0.717) is 0 Å². The first kappa shape index (κ1) is 22.1. The number of alkyl carbamates (subject to hydrolysis) is 1. The quantitative estimate of drug-likeness (QED) is 0.560. The van der Waals surface area contributed by atoms with E-state index in [1.165, 1.54) is 18.2 Å². The normalized spacial score (nSPS) is 12.6. The fraction of sp³-hybridized carbons (Fsp3) is 0.450. The van der Waals surface area contributed by atoms with Crippen molar-refractivity contribution in [1.29, 1.82) is 0 Å². The minimum absolute atomic E-state index is 0.0314. The number of anilines is 1. The molecule has 1 aromatic heterocycles. The topological polar surface area (TPSA) is 138 Å². The number of phenols is 1. The molecule has 0 spiro atoms. The molecule has 9 heteroatoms. The first-order valence-corrected chi connectivity index (χ1v) is 9.16. The van der Waals surface area contributed by atoms with Crippen LogP contribution in [0.1, 0.15) is 41.0 Å². The molecule has 0 aliphatic carbocycles. The molecule has 0 fully saturated rings. The van der Waals surface area contributed by atoms with Crippen molar-refractivity contribution in [2.45, 2.75) is 52.7 Å². The van der Waals surface area contributed by atoms with E-state index in [4.69, 9.17) is 9.15 Å². The zero-order chi connectivity index (χ0) is 21.9. The van der Waals surface area contributed by atoms with Crippen LogP contribution >= 0.6 is 0 Å². The lowest BCUT2D eigenvalue weighted by Gasteiger charge is -2.24. The van der Waals surface area contributed by atoms with E-state index in [-0.39, 0.29) is 29.1 Å². The Labute approximate surface area is 167 Å². The maximum atomic E-state index is 12.7. The Kier molecular flexibility index (Phi) is 6.41. The number of aromatic hydroxyl groups is 2. The van der Waals surface area contributed by atoms with Crippen LogP contribution in [0.3, 0.4) is 0 Å². The van der Waals surface area contributed by atoms with Gasteiger partial charge in [-0.05, 0) is 45.2 Å². The molecule has 158 valence electrons. The predicted molar refractivity (Wildman–Crippen MR) is 107 cm³/mol. The number of nitrogens with one attached hydrogen (secondary N) is 2. The number of carbonyl (C=O) groups is 2. The molecule has 0 radical (unpaired) electrons. The molecule has 1 aromatic carbocycles. The Bertz CT molecular complexity index is 973. The van der Waals surface area contributed by atoms with Crippen molar-refractivity contribution in [3.63, 3.8) is 0 Å². The van der Waals surface area contributed by atoms with Crippen LogP contribution in [0.4, 0.5) is 10.5 Å². The third kappa shape index (κ3) is 5.87. The van der Waals surface area contributed by atoms with E-state index >= 15 is 0 Å². The summed E-state index contributed by atoms with van der Waals surface area (Å²) in [5.41, 5.74) is -2.22. The fourth-order valence-electron chi connectivity index (χ4n) is 2.65. The monoisotopic (exact) mass is 406 g/mol. The van der Waals surface area contributed by atoms with Gasteiger partial charge in [0.25, 0.3) is 0 Å². The third-order valence-corrected chi connectivity index (χ3v) is 3.83. The van der Waals surface area contributed by atoms with Crippen LogP contribution in [0, 0.1) is 5.92 Å². The molecule has 0 unspecified atom stereocenters. The van der Waals surface area contributed by atoms with Crippen LogP contribution < -0.4 is 16.3 Å². The van der Waals surface area contributed by atoms with Crippen molar-refractivity contribution in [2.24, 2.45) is 5.92 Å². The first-order chi connectivity index (χ1) is 13.4. The summed E-state index contributed by atoms with van der Waals surface area (Å²) < 4.78 is 10.2. The van der Waals surface area contributed by atoms with Crippen molar-refractivity contribution < 1.29 is 29.0 Å². The Morgan fingerprint density at radius 3 is 2.45 bits per heavy atom. The lowest BCUT2D eigenvalue weighted by atomic mass is 10.0. The van der Waals surface area contributed by atoms with Gasteiger partial charge in [0.05, 0.1) is 5.39 Å². The molecule has 2 aromatic rings. The molecular formula is C20H26N2O7. The maximum absolute atomic E-state index is 12.7. The molecule has 2 rings (SSSR count). The highest BCUT2D eigenvalue weighted by atomic mass is 16.6. The Morgan fingerprint density at radius 1 is 1.21 bits per heavy atom. The molecule has 0 aliphatic rings. The molecule has 0 saturated carbocycles. The summed E-state index contributed by atoms with van der Waals surface area (Å²) >= 11 is 0. The van der Waals surface area contributed by atoms with Gasteiger partial charge in [0.1, 0.15) is 23.0 Å². The van der Waals surface area contributed by atoms with E-state index in [2.05, 4.69) is 10.6 Å². The van der Waals surface area contributed by atoms with Gasteiger partial charge in [-0.3, -0.25) is 4.79 Å². The number of ether oxygens (including phenoxy) is 1. The van der Waals surface area contributed by atoms with Gasteiger partial charge in [-0.1, -0.05) is 13.8 Å². The van der Waals surface area contributed by atoms with Gasteiger partial charge in [0, 0.05) is 6.07 Å². The van der Waals surface area contributed by atoms with Crippen molar-refractivity contribution in [3.8, 4) is 11.5 Å². The van der Waals surface area contributed by atoms with Crippen LogP contribution in [0.5, 0.6) is 11.5 Å². The third-order valence-electron chi connectivity index (χ3n) is 3.83. The average molecular weight is 406 g/mol. The molecular weight excluding hydrogens is 380 g/mol. The van der Waals surface area contributed by atoms with Gasteiger partial charge < -0.3 is 30.0 Å². The number of benzene rings is 1. The van der Waals surface area contributed by atoms with Gasteiger partial charge in [-0.25, -0.2) is 9.59 Å². The minimum atomic E-state index is -1.00. The summed E-state index contributed by atoms with van der Waals surface area (Å²) in [6, 6.07) is 2.83. The molecule has 9 nitrogen and oxygen atoms in total. The minimum Gasteiger partial charge on any atom is -0.508 e. The lowest BCUT2D eigenvalue weighted by molar-refractivity contribution is -0.118. The summed E-state index contributed by atoms with van der Waals surface area (Å²) in [7, 11) is 0. The SMILES string of the molecule is CC(C)C[C@@H](NC(=O)OC(C)(C)C)C(=O)Nc1c(O)c2ccc(O)cc2oc1=O. The van der Waals surface area contributed by atoms with E-state index in [9.17, 15) is 24.6 Å². The highest BCUT2D eigenvalue weighted by Gasteiger charge is 2.27. The van der Waals surface area contributed by atoms with Crippen LogP contribution in [0.2, 0.25) is 0 Å². The number of hydrogen-bond acceptors (Lipinski definition) is 7. The van der Waals surface area contributed by atoms with Crippen molar-refractivity contribution in [1.82, 2.24) is 5.32 Å². The van der Waals surface area contributed by atoms with Crippen molar-refractivity contribution in [3.05, 3.63) is 28.6 Å². The van der Waals surface area contributed by atoms with Gasteiger partial charge in [-0.15, -0.1) is 0 Å². The summed E-state index contributed by atoms with van der Waals surface area (Å²) in [5.74, 6) is -1.30. The molecule has 1 atom stereocenters. The second kappa shape index (κ2) is 8.42. The van der Waals surface area contributed by atoms with E-state index in [0.717, 1.165) is 0 Å². The van der Waals surface area contributed by atoms with Crippen LogP contribution in [-0.4, -0.2) is 33.9 Å². The van der Waals surface area contributed by atoms with Gasteiger partial charge in [0.15, 0.2) is 11.4 Å². The molecule has 1 heterocycles. The molecule has 29 heavy (non-hydrogen) atoms. The van der Waals surface area contributed by atoms with Crippen molar-refractivity contribution in [2.75, 3.05) is 5.32 Å². The van der Waals surface area contributed by atoms with Crippen LogP contribution in [0.15, 0.2) is 27.4 Å². The fourth-order valence-corrected chi connectivity index (χ4v) is 2.65. The predicted octanol–water partition coefficient (Wildman–Crippen LogP) is 3.08. The van der Waals surface area contributed by atoms with Gasteiger partial charge >= 0.3 is 11.7 Å². The Hall–Kier alpha value is -3.23. The molecule has 0 bridgehead atoms. The number of carbonyl (C=O) groups excluding carboxylic acids is 2. The standard InChI is InChI=1S/C20H26N2O7/c1-10(2)8-13(21-19(27)29-20(3,4)5)17(25)22-15-16(24)12-7-6-11(23)9-14(12)28-18(15)26/h6-7,9-10,13,23-24H,8H2,1-5H3,(H,21,27)(H,22,25)/t13-/m1/s1. The van der Waals surface area contributed by atoms with E-state index in [1.54, 1.807) is 20.8 Å². The van der Waals surface area contributed by atoms with Crippen LogP contribution in [-0.2, 0) is 9.53 Å². The Balaban J connectivity index is 2.30. The van der Waals surface area contributed by atoms with Gasteiger partial charge in [-0.2, -0.15) is 0 Å². The number of hydrogen-bond donors (Lipinski definition) is 4. The summed E-state index contributed by atoms with van der Waals surface area (Å²) in [6.45, 7) is 8.82. The average Bonchev–Trinajstić information content (AvgIpc) is 2.55. The number of phenolic OH excluding ortho intramolecular Hbond substituents is 1. The summed E-state index contributed by atoms with van der Waals surface area (Å²) in [4.78, 5) is 37.0. The summed E-state index contributed by atoms with van der Waals surface area (Å²) in [6.07, 6.45) is -0.498. The number of rotatable bonds is 5. The van der Waals surface area contributed by atoms with Crippen molar-refractivity contribution >= 4 is 28.7 Å². The second-order valence-electron chi connectivity index (χ2n) is 8.11. The largest absolute Gasteiger partial charge is 0.508 e. The molecule has 2 amide bonds. The zero-order valence-corrected chi connectivity index (χ0v) is 17.0. The lowest BCUT2D eigenvalue weighted by Crippen LogP contribution is -2.46. The smallest absolute Gasteiger partial charge is 0.408 e. The van der Waals surface area contributed by atoms with Crippen LogP contribution in [0.25, 0.3) is 11.0 Å². The number of amides is 2.